The summed E-state index contributed by atoms with van der Waals surface area (Å²) in [6, 6.07) is 1.92. The molecule has 3 saturated carbocycles. The van der Waals surface area contributed by atoms with Crippen molar-refractivity contribution < 1.29 is 9.59 Å². The van der Waals surface area contributed by atoms with Gasteiger partial charge >= 0.3 is 0 Å². The first-order chi connectivity index (χ1) is 10.9. The quantitative estimate of drug-likeness (QED) is 0.731. The van der Waals surface area contributed by atoms with Crippen LogP contribution in [0.25, 0.3) is 0 Å². The molecule has 0 aromatic rings. The Balaban J connectivity index is 1.57. The highest BCUT2D eigenvalue weighted by molar-refractivity contribution is 7.17. The highest BCUT2D eigenvalue weighted by Gasteiger charge is 2.51. The summed E-state index contributed by atoms with van der Waals surface area (Å²) in [6.45, 7) is 0.917. The average Bonchev–Trinajstić information content (AvgIpc) is 2.95. The van der Waals surface area contributed by atoms with Gasteiger partial charge in [-0.15, -0.1) is 9.24 Å². The SMILES string of the molecule is N#CC1CC(P)CN1C(=O)CNC12CCC(C(N)=O)(CC1)CC2. The summed E-state index contributed by atoms with van der Waals surface area (Å²) in [7, 11) is 2.71. The maximum absolute atomic E-state index is 12.5. The van der Waals surface area contributed by atoms with Gasteiger partial charge in [-0.05, 0) is 50.6 Å². The van der Waals surface area contributed by atoms with Gasteiger partial charge in [0.05, 0.1) is 12.6 Å². The number of carbonyl (C=O) groups excluding carboxylic acids is 2. The van der Waals surface area contributed by atoms with Crippen LogP contribution >= 0.6 is 9.24 Å². The van der Waals surface area contributed by atoms with E-state index in [-0.39, 0.29) is 35.4 Å². The fourth-order valence-corrected chi connectivity index (χ4v) is 4.94. The molecule has 1 saturated heterocycles. The molecule has 3 unspecified atom stereocenters. The predicted molar refractivity (Wildman–Crippen MR) is 89.3 cm³/mol. The number of nitrogens with one attached hydrogen (secondary N) is 1. The minimum atomic E-state index is -0.305. The molecule has 6 nitrogen and oxygen atoms in total. The van der Waals surface area contributed by atoms with Crippen LogP contribution in [0.15, 0.2) is 0 Å². The lowest BCUT2D eigenvalue weighted by molar-refractivity contribution is -0.136. The molecule has 7 heteroatoms. The summed E-state index contributed by atoms with van der Waals surface area (Å²) in [5.41, 5.74) is 5.55. The molecule has 3 N–H and O–H groups in total. The highest BCUT2D eigenvalue weighted by atomic mass is 31.0. The number of carbonyl (C=O) groups is 2. The van der Waals surface area contributed by atoms with Gasteiger partial charge < -0.3 is 16.0 Å². The van der Waals surface area contributed by atoms with Gasteiger partial charge in [-0.2, -0.15) is 5.26 Å². The van der Waals surface area contributed by atoms with E-state index < -0.39 is 0 Å². The number of fused-ring (bicyclic) bond motifs is 3. The van der Waals surface area contributed by atoms with Crippen LogP contribution in [0.3, 0.4) is 0 Å². The fourth-order valence-electron chi connectivity index (χ4n) is 4.45. The Kier molecular flexibility index (Phi) is 4.37. The molecule has 1 heterocycles. The number of rotatable bonds is 4. The average molecular weight is 336 g/mol. The largest absolute Gasteiger partial charge is 0.369 e. The van der Waals surface area contributed by atoms with Gasteiger partial charge in [0.2, 0.25) is 11.8 Å². The van der Waals surface area contributed by atoms with Gasteiger partial charge in [-0.3, -0.25) is 9.59 Å². The summed E-state index contributed by atoms with van der Waals surface area (Å²) in [5.74, 6) is -0.157. The fraction of sp³-hybridized carbons (Fsp3) is 0.812. The van der Waals surface area contributed by atoms with Crippen molar-refractivity contribution in [3.63, 3.8) is 0 Å². The molecule has 4 rings (SSSR count). The van der Waals surface area contributed by atoms with Crippen molar-refractivity contribution in [2.45, 2.75) is 62.2 Å². The van der Waals surface area contributed by atoms with Crippen LogP contribution in [-0.2, 0) is 9.59 Å². The monoisotopic (exact) mass is 336 g/mol. The van der Waals surface area contributed by atoms with Gasteiger partial charge in [-0.25, -0.2) is 0 Å². The molecular weight excluding hydrogens is 311 g/mol. The summed E-state index contributed by atoms with van der Waals surface area (Å²) >= 11 is 0. The lowest BCUT2D eigenvalue weighted by atomic mass is 9.57. The van der Waals surface area contributed by atoms with Crippen molar-refractivity contribution in [1.29, 1.82) is 5.26 Å². The van der Waals surface area contributed by atoms with Gasteiger partial charge in [0.25, 0.3) is 0 Å². The lowest BCUT2D eigenvalue weighted by Crippen LogP contribution is -2.59. The molecule has 4 fully saturated rings. The molecule has 0 aromatic heterocycles. The van der Waals surface area contributed by atoms with Crippen LogP contribution in [-0.4, -0.2) is 47.0 Å². The van der Waals surface area contributed by atoms with Crippen molar-refractivity contribution in [3.05, 3.63) is 0 Å². The van der Waals surface area contributed by atoms with E-state index in [2.05, 4.69) is 20.6 Å². The molecule has 2 bridgehead atoms. The molecule has 2 amide bonds. The molecule has 0 spiro atoms. The number of nitrogens with two attached hydrogens (primary N) is 1. The zero-order valence-corrected chi connectivity index (χ0v) is 14.5. The predicted octanol–water partition coefficient (Wildman–Crippen LogP) is 0.522. The van der Waals surface area contributed by atoms with E-state index in [4.69, 9.17) is 5.73 Å². The Morgan fingerprint density at radius 1 is 1.26 bits per heavy atom. The number of primary amides is 1. The van der Waals surface area contributed by atoms with E-state index in [0.29, 0.717) is 12.2 Å². The van der Waals surface area contributed by atoms with E-state index in [1.54, 1.807) is 4.90 Å². The molecule has 126 valence electrons. The first-order valence-electron chi connectivity index (χ1n) is 8.39. The lowest BCUT2D eigenvalue weighted by Gasteiger charge is -2.52. The third kappa shape index (κ3) is 2.97. The van der Waals surface area contributed by atoms with Crippen molar-refractivity contribution in [2.24, 2.45) is 11.1 Å². The first kappa shape index (κ1) is 16.7. The van der Waals surface area contributed by atoms with Crippen LogP contribution in [0.4, 0.5) is 0 Å². The van der Waals surface area contributed by atoms with Crippen LogP contribution in [0.1, 0.15) is 44.9 Å². The summed E-state index contributed by atoms with van der Waals surface area (Å²) in [5, 5.41) is 12.6. The van der Waals surface area contributed by atoms with Crippen molar-refractivity contribution in [2.75, 3.05) is 13.1 Å². The van der Waals surface area contributed by atoms with E-state index in [9.17, 15) is 14.9 Å². The summed E-state index contributed by atoms with van der Waals surface area (Å²) < 4.78 is 0. The maximum Gasteiger partial charge on any atom is 0.237 e. The van der Waals surface area contributed by atoms with Gasteiger partial charge in [0.15, 0.2) is 0 Å². The molecule has 23 heavy (non-hydrogen) atoms. The Hall–Kier alpha value is -1.18. The summed E-state index contributed by atoms with van der Waals surface area (Å²) in [4.78, 5) is 25.9. The van der Waals surface area contributed by atoms with Crippen molar-refractivity contribution >= 4 is 21.1 Å². The molecule has 1 aliphatic heterocycles. The zero-order chi connectivity index (χ0) is 16.7. The van der Waals surface area contributed by atoms with Crippen LogP contribution < -0.4 is 11.1 Å². The Morgan fingerprint density at radius 3 is 2.39 bits per heavy atom. The van der Waals surface area contributed by atoms with Crippen molar-refractivity contribution in [3.8, 4) is 6.07 Å². The Labute approximate surface area is 139 Å². The zero-order valence-electron chi connectivity index (χ0n) is 13.4. The molecule has 3 aliphatic carbocycles. The van der Waals surface area contributed by atoms with Gasteiger partial charge in [0.1, 0.15) is 6.04 Å². The van der Waals surface area contributed by atoms with E-state index >= 15 is 0 Å². The molecule has 4 aliphatic rings. The van der Waals surface area contributed by atoms with Crippen molar-refractivity contribution in [1.82, 2.24) is 10.2 Å². The number of nitrogens with zero attached hydrogens (tertiary/aromatic N) is 2. The standard InChI is InChI=1S/C16H25N4O2P/c17-8-11-7-12(23)10-20(11)13(21)9-19-16-4-1-15(2-5-16,3-6-16)14(18)22/h11-12,19H,1-7,9-10,23H2,(H2,18,22). The third-order valence-corrected chi connectivity index (χ3v) is 6.67. The third-order valence-electron chi connectivity index (χ3n) is 6.19. The molecule has 0 radical (unpaired) electrons. The number of hydrogen-bond acceptors (Lipinski definition) is 4. The van der Waals surface area contributed by atoms with Gasteiger partial charge in [-0.1, -0.05) is 0 Å². The van der Waals surface area contributed by atoms with Crippen LogP contribution in [0.2, 0.25) is 0 Å². The number of amides is 2. The number of hydrogen-bond donors (Lipinski definition) is 2. The van der Waals surface area contributed by atoms with Gasteiger partial charge in [0, 0.05) is 17.5 Å². The smallest absolute Gasteiger partial charge is 0.237 e. The molecule has 3 atom stereocenters. The second-order valence-corrected chi connectivity index (χ2v) is 8.41. The highest BCUT2D eigenvalue weighted by Crippen LogP contribution is 2.52. The number of likely N-dealkylation sites (tertiary alicyclic amines) is 1. The number of nitriles is 1. The Bertz CT molecular complexity index is 534. The van der Waals surface area contributed by atoms with E-state index in [1.807, 2.05) is 0 Å². The minimum absolute atomic E-state index is 0.00758. The topological polar surface area (TPSA) is 99.2 Å². The second kappa shape index (κ2) is 6.03. The summed E-state index contributed by atoms with van der Waals surface area (Å²) in [6.07, 6.45) is 5.90. The maximum atomic E-state index is 12.5. The van der Waals surface area contributed by atoms with E-state index in [0.717, 1.165) is 44.9 Å². The molecular formula is C16H25N4O2P. The van der Waals surface area contributed by atoms with Crippen LogP contribution in [0, 0.1) is 16.7 Å². The van der Waals surface area contributed by atoms with E-state index in [1.165, 1.54) is 0 Å². The second-order valence-electron chi connectivity index (χ2n) is 7.47. The van der Waals surface area contributed by atoms with Crippen LogP contribution in [0.5, 0.6) is 0 Å². The Morgan fingerprint density at radius 2 is 1.87 bits per heavy atom. The first-order valence-corrected chi connectivity index (χ1v) is 9.06. The molecule has 0 aromatic carbocycles. The normalized spacial score (nSPS) is 39.2. The minimum Gasteiger partial charge on any atom is -0.369 e.